The summed E-state index contributed by atoms with van der Waals surface area (Å²) in [4.78, 5) is 16.7. The Morgan fingerprint density at radius 1 is 1.45 bits per heavy atom. The van der Waals surface area contributed by atoms with Crippen molar-refractivity contribution in [3.63, 3.8) is 0 Å². The Morgan fingerprint density at radius 3 is 2.73 bits per heavy atom. The van der Waals surface area contributed by atoms with Crippen molar-refractivity contribution in [2.24, 2.45) is 0 Å². The number of aryl methyl sites for hydroxylation is 1. The first kappa shape index (κ1) is 15.7. The van der Waals surface area contributed by atoms with Crippen molar-refractivity contribution >= 4 is 28.5 Å². The number of nitrogens with zero attached hydrogens (tertiary/aromatic N) is 2. The van der Waals surface area contributed by atoms with Gasteiger partial charge in [0.05, 0.1) is 17.2 Å². The smallest absolute Gasteiger partial charge is 0.348 e. The summed E-state index contributed by atoms with van der Waals surface area (Å²) in [5.41, 5.74) is 8.37. The number of carbonyl (C=O) groups is 1. The van der Waals surface area contributed by atoms with Crippen LogP contribution in [0.3, 0.4) is 0 Å². The van der Waals surface area contributed by atoms with Crippen molar-refractivity contribution in [2.45, 2.75) is 13.8 Å². The average molecular weight is 313 g/mol. The fourth-order valence-electron chi connectivity index (χ4n) is 1.84. The van der Waals surface area contributed by atoms with Crippen molar-refractivity contribution in [2.75, 3.05) is 12.3 Å². The van der Waals surface area contributed by atoms with E-state index in [2.05, 4.69) is 4.98 Å². The maximum Gasteiger partial charge on any atom is 0.348 e. The standard InChI is InChI=1S/C16H15N3O2S/c1-3-21-15(20)12(9-17)8-13-14(19-16(18)22-13)11-6-4-10(2)5-7-11/h4-8H,3H2,1-2H3,(H2,18,19)/b12-8+. The average Bonchev–Trinajstić information content (AvgIpc) is 2.86. The molecule has 5 nitrogen and oxygen atoms in total. The molecule has 0 aliphatic carbocycles. The summed E-state index contributed by atoms with van der Waals surface area (Å²) in [6.45, 7) is 3.90. The predicted octanol–water partition coefficient (Wildman–Crippen LogP) is 3.17. The van der Waals surface area contributed by atoms with E-state index in [4.69, 9.17) is 15.7 Å². The van der Waals surface area contributed by atoms with Crippen LogP contribution in [-0.2, 0) is 9.53 Å². The van der Waals surface area contributed by atoms with Crippen LogP contribution >= 0.6 is 11.3 Å². The third kappa shape index (κ3) is 3.51. The molecular weight excluding hydrogens is 298 g/mol. The topological polar surface area (TPSA) is 89.0 Å². The molecule has 0 atom stereocenters. The molecule has 6 heteroatoms. The van der Waals surface area contributed by atoms with E-state index in [-0.39, 0.29) is 12.2 Å². The molecule has 0 saturated heterocycles. The summed E-state index contributed by atoms with van der Waals surface area (Å²) < 4.78 is 4.86. The number of ether oxygens (including phenoxy) is 1. The van der Waals surface area contributed by atoms with Gasteiger partial charge in [-0.3, -0.25) is 0 Å². The number of benzene rings is 1. The van der Waals surface area contributed by atoms with Gasteiger partial charge >= 0.3 is 5.97 Å². The number of anilines is 1. The number of aromatic nitrogens is 1. The number of carbonyl (C=O) groups excluding carboxylic acids is 1. The molecule has 0 fully saturated rings. The van der Waals surface area contributed by atoms with E-state index < -0.39 is 5.97 Å². The van der Waals surface area contributed by atoms with Crippen LogP contribution in [0.1, 0.15) is 17.4 Å². The van der Waals surface area contributed by atoms with Crippen LogP contribution in [0.15, 0.2) is 29.8 Å². The normalized spacial score (nSPS) is 11.0. The number of esters is 1. The molecule has 2 rings (SSSR count). The number of hydrogen-bond donors (Lipinski definition) is 1. The molecule has 112 valence electrons. The molecule has 0 aliphatic rings. The highest BCUT2D eigenvalue weighted by molar-refractivity contribution is 7.16. The maximum absolute atomic E-state index is 11.7. The van der Waals surface area contributed by atoms with Crippen LogP contribution in [0.2, 0.25) is 0 Å². The Hall–Kier alpha value is -2.65. The van der Waals surface area contributed by atoms with Gasteiger partial charge in [-0.1, -0.05) is 41.2 Å². The number of thiazole rings is 1. The Balaban J connectivity index is 2.46. The summed E-state index contributed by atoms with van der Waals surface area (Å²) in [5.74, 6) is -0.646. The summed E-state index contributed by atoms with van der Waals surface area (Å²) in [6, 6.07) is 9.65. The van der Waals surface area contributed by atoms with Crippen molar-refractivity contribution in [3.05, 3.63) is 40.3 Å². The zero-order valence-electron chi connectivity index (χ0n) is 12.3. The van der Waals surface area contributed by atoms with Gasteiger partial charge in [0.2, 0.25) is 0 Å². The van der Waals surface area contributed by atoms with Gasteiger partial charge in [-0.25, -0.2) is 9.78 Å². The second-order valence-corrected chi connectivity index (χ2v) is 5.58. The van der Waals surface area contributed by atoms with Crippen molar-refractivity contribution in [3.8, 4) is 17.3 Å². The van der Waals surface area contributed by atoms with Gasteiger partial charge in [0.25, 0.3) is 0 Å². The molecule has 0 saturated carbocycles. The molecule has 1 aromatic carbocycles. The van der Waals surface area contributed by atoms with Crippen LogP contribution < -0.4 is 5.73 Å². The molecule has 2 N–H and O–H groups in total. The minimum atomic E-state index is -0.646. The lowest BCUT2D eigenvalue weighted by Gasteiger charge is -2.01. The second kappa shape index (κ2) is 6.87. The summed E-state index contributed by atoms with van der Waals surface area (Å²) in [5, 5.41) is 9.50. The van der Waals surface area contributed by atoms with E-state index in [0.29, 0.717) is 15.7 Å². The lowest BCUT2D eigenvalue weighted by atomic mass is 10.1. The van der Waals surface area contributed by atoms with Crippen LogP contribution in [0.25, 0.3) is 17.3 Å². The van der Waals surface area contributed by atoms with E-state index in [9.17, 15) is 4.79 Å². The first-order chi connectivity index (χ1) is 10.5. The molecule has 0 unspecified atom stereocenters. The van der Waals surface area contributed by atoms with Gasteiger partial charge in [-0.15, -0.1) is 0 Å². The van der Waals surface area contributed by atoms with Gasteiger partial charge in [-0.2, -0.15) is 5.26 Å². The molecule has 0 aliphatic heterocycles. The third-order valence-electron chi connectivity index (χ3n) is 2.89. The van der Waals surface area contributed by atoms with Crippen molar-refractivity contribution in [1.82, 2.24) is 4.98 Å². The van der Waals surface area contributed by atoms with Crippen LogP contribution in [0.4, 0.5) is 5.13 Å². The first-order valence-corrected chi connectivity index (χ1v) is 7.49. The quantitative estimate of drug-likeness (QED) is 0.532. The van der Waals surface area contributed by atoms with Gasteiger partial charge in [0.15, 0.2) is 5.13 Å². The van der Waals surface area contributed by atoms with Crippen molar-refractivity contribution < 1.29 is 9.53 Å². The van der Waals surface area contributed by atoms with E-state index in [1.54, 1.807) is 6.92 Å². The largest absolute Gasteiger partial charge is 0.462 e. The second-order valence-electron chi connectivity index (χ2n) is 4.52. The maximum atomic E-state index is 11.7. The Kier molecular flexibility index (Phi) is 4.92. The van der Waals surface area contributed by atoms with Crippen LogP contribution in [-0.4, -0.2) is 17.6 Å². The summed E-state index contributed by atoms with van der Waals surface area (Å²) in [7, 11) is 0. The van der Waals surface area contributed by atoms with Crippen LogP contribution in [0.5, 0.6) is 0 Å². The lowest BCUT2D eigenvalue weighted by molar-refractivity contribution is -0.137. The van der Waals surface area contributed by atoms with Gasteiger partial charge in [0.1, 0.15) is 11.6 Å². The monoisotopic (exact) mass is 313 g/mol. The number of rotatable bonds is 4. The fraction of sp³-hybridized carbons (Fsp3) is 0.188. The van der Waals surface area contributed by atoms with E-state index in [1.165, 1.54) is 17.4 Å². The summed E-state index contributed by atoms with van der Waals surface area (Å²) in [6.07, 6.45) is 1.47. The zero-order valence-corrected chi connectivity index (χ0v) is 13.1. The molecule has 22 heavy (non-hydrogen) atoms. The van der Waals surface area contributed by atoms with Gasteiger partial charge in [0, 0.05) is 5.56 Å². The number of hydrogen-bond acceptors (Lipinski definition) is 6. The van der Waals surface area contributed by atoms with Crippen molar-refractivity contribution in [1.29, 1.82) is 5.26 Å². The number of nitrogen functional groups attached to an aromatic ring is 1. The molecule has 0 spiro atoms. The first-order valence-electron chi connectivity index (χ1n) is 6.67. The van der Waals surface area contributed by atoms with Gasteiger partial charge in [-0.05, 0) is 19.9 Å². The Morgan fingerprint density at radius 2 is 2.14 bits per heavy atom. The Bertz CT molecular complexity index is 755. The molecule has 0 amide bonds. The molecule has 1 heterocycles. The zero-order chi connectivity index (χ0) is 16.1. The molecule has 2 aromatic rings. The number of nitrogens with two attached hydrogens (primary N) is 1. The molecule has 1 aromatic heterocycles. The SMILES string of the molecule is CCOC(=O)/C(C#N)=C/c1sc(N)nc1-c1ccc(C)cc1. The highest BCUT2D eigenvalue weighted by atomic mass is 32.1. The highest BCUT2D eigenvalue weighted by Gasteiger charge is 2.15. The molecule has 0 bridgehead atoms. The third-order valence-corrected chi connectivity index (χ3v) is 3.72. The minimum absolute atomic E-state index is 0.0705. The number of nitriles is 1. The van der Waals surface area contributed by atoms with E-state index in [0.717, 1.165) is 11.1 Å². The molecule has 0 radical (unpaired) electrons. The van der Waals surface area contributed by atoms with E-state index in [1.807, 2.05) is 37.3 Å². The summed E-state index contributed by atoms with van der Waals surface area (Å²) >= 11 is 1.22. The Labute approximate surface area is 132 Å². The van der Waals surface area contributed by atoms with Gasteiger partial charge < -0.3 is 10.5 Å². The van der Waals surface area contributed by atoms with E-state index >= 15 is 0 Å². The lowest BCUT2D eigenvalue weighted by Crippen LogP contribution is -2.05. The predicted molar refractivity (Wildman–Crippen MR) is 86.9 cm³/mol. The highest BCUT2D eigenvalue weighted by Crippen LogP contribution is 2.31. The minimum Gasteiger partial charge on any atom is -0.462 e. The molecular formula is C16H15N3O2S. The van der Waals surface area contributed by atoms with Crippen LogP contribution in [0, 0.1) is 18.3 Å². The fourth-order valence-corrected chi connectivity index (χ4v) is 2.64.